The van der Waals surface area contributed by atoms with Gasteiger partial charge in [0.15, 0.2) is 0 Å². The number of alkyl halides is 2. The first-order valence-corrected chi connectivity index (χ1v) is 7.24. The van der Waals surface area contributed by atoms with Crippen molar-refractivity contribution >= 4 is 30.9 Å². The van der Waals surface area contributed by atoms with E-state index in [2.05, 4.69) is 5.09 Å². The van der Waals surface area contributed by atoms with Crippen LogP contribution in [0.4, 0.5) is 0 Å². The van der Waals surface area contributed by atoms with Crippen LogP contribution in [0.15, 0.2) is 0 Å². The van der Waals surface area contributed by atoms with Crippen LogP contribution < -0.4 is 5.09 Å². The van der Waals surface area contributed by atoms with Crippen LogP contribution in [0, 0.1) is 0 Å². The number of nitrogens with one attached hydrogen (secondary N) is 1. The Hall–Kier alpha value is 0.570. The van der Waals surface area contributed by atoms with Crippen LogP contribution in [0.3, 0.4) is 0 Å². The second-order valence-corrected chi connectivity index (χ2v) is 5.88. The molecule has 0 radical (unpaired) electrons. The predicted molar refractivity (Wildman–Crippen MR) is 70.0 cm³/mol. The van der Waals surface area contributed by atoms with E-state index in [1.807, 2.05) is 0 Å². The third kappa shape index (κ3) is 6.91. The first-order chi connectivity index (χ1) is 6.73. The van der Waals surface area contributed by atoms with Crippen LogP contribution in [0.2, 0.25) is 0 Å². The number of nitrogens with zero attached hydrogens (tertiary/aromatic N) is 1. The highest BCUT2D eigenvalue weighted by atomic mass is 35.5. The Morgan fingerprint density at radius 2 is 1.71 bits per heavy atom. The third-order valence-corrected chi connectivity index (χ3v) is 4.60. The number of hydrogen-bond acceptors (Lipinski definition) is 2. The van der Waals surface area contributed by atoms with E-state index in [9.17, 15) is 4.57 Å². The quantitative estimate of drug-likeness (QED) is 0.535. The zero-order valence-corrected chi connectivity index (χ0v) is 11.8. The van der Waals surface area contributed by atoms with Gasteiger partial charge in [0, 0.05) is 31.4 Å². The summed E-state index contributed by atoms with van der Waals surface area (Å²) in [5, 5.41) is 2.91. The van der Waals surface area contributed by atoms with Crippen molar-refractivity contribution in [2.75, 3.05) is 38.0 Å². The molecule has 0 bridgehead atoms. The topological polar surface area (TPSA) is 136 Å². The van der Waals surface area contributed by atoms with Crippen molar-refractivity contribution in [2.24, 2.45) is 0 Å². The minimum Gasteiger partial charge on any atom is -0.412 e. The normalized spacial score (nSPS) is 23.2. The summed E-state index contributed by atoms with van der Waals surface area (Å²) in [6, 6.07) is 0. The smallest absolute Gasteiger partial charge is 0.343 e. The maximum atomic E-state index is 12.2. The Morgan fingerprint density at radius 3 is 2.06 bits per heavy atom. The molecule has 1 atom stereocenters. The van der Waals surface area contributed by atoms with E-state index in [1.54, 1.807) is 4.67 Å². The molecule has 0 saturated carbocycles. The molecule has 17 heavy (non-hydrogen) atoms. The molecule has 0 aromatic heterocycles. The van der Waals surface area contributed by atoms with Gasteiger partial charge >= 0.3 is 7.67 Å². The van der Waals surface area contributed by atoms with Crippen molar-refractivity contribution < 1.29 is 25.5 Å². The van der Waals surface area contributed by atoms with Crippen molar-refractivity contribution in [3.8, 4) is 0 Å². The highest BCUT2D eigenvalue weighted by molar-refractivity contribution is 7.54. The van der Waals surface area contributed by atoms with Gasteiger partial charge in [-0.3, -0.25) is 4.57 Å². The van der Waals surface area contributed by atoms with Crippen molar-refractivity contribution in [3.63, 3.8) is 0 Å². The summed E-state index contributed by atoms with van der Waals surface area (Å²) in [7, 11) is -2.84. The van der Waals surface area contributed by atoms with Gasteiger partial charge in [0.2, 0.25) is 0 Å². The molecule has 10 heteroatoms. The SMILES string of the molecule is O.O.O.O=P1(N(CCCl)CCCl)NCCCO1. The number of halogens is 2. The fourth-order valence-corrected chi connectivity index (χ4v) is 3.92. The molecule has 0 spiro atoms. The molecule has 1 aliphatic heterocycles. The number of rotatable bonds is 5. The van der Waals surface area contributed by atoms with Gasteiger partial charge < -0.3 is 21.0 Å². The Bertz CT molecular complexity index is 208. The predicted octanol–water partition coefficient (Wildman–Crippen LogP) is -0.590. The van der Waals surface area contributed by atoms with E-state index in [-0.39, 0.29) is 16.4 Å². The first kappa shape index (κ1) is 22.7. The van der Waals surface area contributed by atoms with Crippen LogP contribution in [0.1, 0.15) is 6.42 Å². The Morgan fingerprint density at radius 1 is 1.18 bits per heavy atom. The summed E-state index contributed by atoms with van der Waals surface area (Å²) in [5.41, 5.74) is 0. The lowest BCUT2D eigenvalue weighted by molar-refractivity contribution is 0.233. The van der Waals surface area contributed by atoms with Gasteiger partial charge in [0.05, 0.1) is 6.61 Å². The summed E-state index contributed by atoms with van der Waals surface area (Å²) in [6.07, 6.45) is 0.888. The Kier molecular flexibility index (Phi) is 15.6. The molecular weight excluding hydrogens is 294 g/mol. The molecule has 1 fully saturated rings. The third-order valence-electron chi connectivity index (χ3n) is 1.96. The van der Waals surface area contributed by atoms with E-state index < -0.39 is 7.67 Å². The molecule has 108 valence electrons. The second-order valence-electron chi connectivity index (χ2n) is 2.95. The van der Waals surface area contributed by atoms with Crippen LogP contribution >= 0.6 is 30.9 Å². The molecule has 7 nitrogen and oxygen atoms in total. The minimum absolute atomic E-state index is 0. The maximum absolute atomic E-state index is 12.2. The molecule has 0 aliphatic carbocycles. The Balaban J connectivity index is -0.000000653. The molecule has 1 saturated heterocycles. The van der Waals surface area contributed by atoms with Crippen molar-refractivity contribution in [1.29, 1.82) is 0 Å². The monoisotopic (exact) mass is 314 g/mol. The highest BCUT2D eigenvalue weighted by Gasteiger charge is 2.32. The summed E-state index contributed by atoms with van der Waals surface area (Å²) in [5.74, 6) is 0.845. The largest absolute Gasteiger partial charge is 0.412 e. The van der Waals surface area contributed by atoms with Gasteiger partial charge in [0.1, 0.15) is 0 Å². The van der Waals surface area contributed by atoms with E-state index in [0.717, 1.165) is 13.0 Å². The fourth-order valence-electron chi connectivity index (χ4n) is 1.28. The maximum Gasteiger partial charge on any atom is 0.343 e. The summed E-state index contributed by atoms with van der Waals surface area (Å²) < 4.78 is 19.2. The van der Waals surface area contributed by atoms with E-state index in [4.69, 9.17) is 27.7 Å². The highest BCUT2D eigenvalue weighted by Crippen LogP contribution is 2.47. The van der Waals surface area contributed by atoms with Crippen molar-refractivity contribution in [2.45, 2.75) is 6.42 Å². The molecule has 0 aromatic rings. The summed E-state index contributed by atoms with van der Waals surface area (Å²) >= 11 is 11.2. The van der Waals surface area contributed by atoms with Gasteiger partial charge in [0.25, 0.3) is 0 Å². The van der Waals surface area contributed by atoms with Crippen molar-refractivity contribution in [1.82, 2.24) is 9.76 Å². The van der Waals surface area contributed by atoms with E-state index >= 15 is 0 Å². The lowest BCUT2D eigenvalue weighted by Crippen LogP contribution is -2.35. The molecule has 1 rings (SSSR count). The van der Waals surface area contributed by atoms with Gasteiger partial charge in [-0.25, -0.2) is 9.76 Å². The molecule has 0 aromatic carbocycles. The zero-order chi connectivity index (χ0) is 10.4. The Labute approximate surface area is 111 Å². The van der Waals surface area contributed by atoms with Gasteiger partial charge in [-0.15, -0.1) is 23.2 Å². The van der Waals surface area contributed by atoms with Crippen LogP contribution in [-0.4, -0.2) is 59.1 Å². The lowest BCUT2D eigenvalue weighted by atomic mass is 10.5. The molecule has 1 unspecified atom stereocenters. The standard InChI is InChI=1S/C7H15Cl2N2O2P.3H2O/c8-2-5-11(6-3-9)14(12)10-4-1-7-13-14;;;/h1-7H2,(H,10,12);3*1H2. The van der Waals surface area contributed by atoms with E-state index in [1.165, 1.54) is 0 Å². The average Bonchev–Trinajstić information content (AvgIpc) is 2.19. The van der Waals surface area contributed by atoms with Gasteiger partial charge in [-0.1, -0.05) is 0 Å². The first-order valence-electron chi connectivity index (χ1n) is 4.60. The number of hydrogen-bond donors (Lipinski definition) is 1. The van der Waals surface area contributed by atoms with E-state index in [0.29, 0.717) is 31.5 Å². The van der Waals surface area contributed by atoms with Crippen LogP contribution in [-0.2, 0) is 9.09 Å². The molecule has 1 aliphatic rings. The molecular formula is C7H21Cl2N2O5P. The fraction of sp³-hybridized carbons (Fsp3) is 1.00. The van der Waals surface area contributed by atoms with Crippen molar-refractivity contribution in [3.05, 3.63) is 0 Å². The molecule has 0 amide bonds. The van der Waals surface area contributed by atoms with Crippen LogP contribution in [0.5, 0.6) is 0 Å². The molecule has 1 heterocycles. The molecule has 7 N–H and O–H groups in total. The van der Waals surface area contributed by atoms with Gasteiger partial charge in [-0.05, 0) is 6.42 Å². The zero-order valence-electron chi connectivity index (χ0n) is 9.42. The summed E-state index contributed by atoms with van der Waals surface area (Å²) in [4.78, 5) is 0. The second kappa shape index (κ2) is 11.6. The van der Waals surface area contributed by atoms with Crippen LogP contribution in [0.25, 0.3) is 0 Å². The minimum atomic E-state index is -2.84. The summed E-state index contributed by atoms with van der Waals surface area (Å²) in [6.45, 7) is 2.31. The lowest BCUT2D eigenvalue weighted by Gasteiger charge is -2.33. The van der Waals surface area contributed by atoms with Gasteiger partial charge in [-0.2, -0.15) is 0 Å². The average molecular weight is 315 g/mol.